The van der Waals surface area contributed by atoms with Crippen LogP contribution in [0.1, 0.15) is 206 Å². The van der Waals surface area contributed by atoms with Gasteiger partial charge in [-0.3, -0.25) is 14.5 Å². The van der Waals surface area contributed by atoms with E-state index in [0.717, 1.165) is 54.6 Å². The van der Waals surface area contributed by atoms with Crippen LogP contribution in [0.2, 0.25) is 0 Å². The molecule has 1 rings (SSSR count). The molecule has 0 fully saturated rings. The third kappa shape index (κ3) is 28.2. The van der Waals surface area contributed by atoms with Crippen LogP contribution in [0.4, 0.5) is 0 Å². The summed E-state index contributed by atoms with van der Waals surface area (Å²) in [6.07, 6.45) is 38.7. The van der Waals surface area contributed by atoms with Gasteiger partial charge in [0.15, 0.2) is 0 Å². The molecule has 0 bridgehead atoms. The molecule has 9 heteroatoms. The van der Waals surface area contributed by atoms with Crippen LogP contribution in [0, 0.1) is 6.92 Å². The Hall–Kier alpha value is -1.19. The van der Waals surface area contributed by atoms with Gasteiger partial charge in [-0.05, 0) is 62.0 Å². The second-order valence-electron chi connectivity index (χ2n) is 15.9. The first-order valence-electron chi connectivity index (χ1n) is 22.7. The van der Waals surface area contributed by atoms with E-state index in [1.807, 2.05) is 42.8 Å². The molecule has 0 saturated heterocycles. The van der Waals surface area contributed by atoms with Crippen molar-refractivity contribution in [2.75, 3.05) is 36.1 Å². The molecule has 0 saturated carbocycles. The topological polar surface area (TPSA) is 95.7 Å². The average Bonchev–Trinajstić information content (AvgIpc) is 3.56. The van der Waals surface area contributed by atoms with E-state index in [2.05, 4.69) is 28.3 Å². The van der Waals surface area contributed by atoms with E-state index in [1.165, 1.54) is 154 Å². The molecule has 0 radical (unpaired) electrons. The molecule has 0 unspecified atom stereocenters. The third-order valence-corrected chi connectivity index (χ3v) is 13.3. The SMILES string of the molecule is CCCCCCCCCCCCCCSCCC(CCSCCCCCCCCCCCCCC)(CC(=O)O)N(CCCn1ccnc1C)CCC(=O)O. The number of carbonyl (C=O) groups is 2. The summed E-state index contributed by atoms with van der Waals surface area (Å²) in [7, 11) is 0. The molecule has 1 aromatic heterocycles. The van der Waals surface area contributed by atoms with Crippen LogP contribution in [0.25, 0.3) is 0 Å². The van der Waals surface area contributed by atoms with Gasteiger partial charge in [-0.15, -0.1) is 0 Å². The fourth-order valence-corrected chi connectivity index (χ4v) is 9.99. The number of nitrogens with zero attached hydrogens (tertiary/aromatic N) is 3. The summed E-state index contributed by atoms with van der Waals surface area (Å²) in [5.74, 6) is 3.42. The zero-order valence-corrected chi connectivity index (χ0v) is 37.1. The molecule has 0 aliphatic heterocycles. The lowest BCUT2D eigenvalue weighted by Crippen LogP contribution is -2.52. The summed E-state index contributed by atoms with van der Waals surface area (Å²) in [5.41, 5.74) is -0.543. The van der Waals surface area contributed by atoms with Crippen molar-refractivity contribution in [2.24, 2.45) is 0 Å². The highest BCUT2D eigenvalue weighted by atomic mass is 32.2. The number of aliphatic carboxylic acids is 2. The standard InChI is InChI=1S/C45H85N3O4S2/c1-4-6-8-10-12-14-16-18-20-22-24-26-37-53-39-30-45(41-44(51)52,48(35-29-43(49)50)34-28-33-47-36-32-46-42(47)3)31-40-54-38-27-25-23-21-19-17-15-13-11-9-7-5-2/h32,36H,4-31,33-35,37-41H2,1-3H3,(H,49,50)(H,51,52). The minimum Gasteiger partial charge on any atom is -0.481 e. The highest BCUT2D eigenvalue weighted by Gasteiger charge is 2.38. The fourth-order valence-electron chi connectivity index (χ4n) is 7.72. The van der Waals surface area contributed by atoms with Crippen LogP contribution in [0.15, 0.2) is 12.4 Å². The molecule has 2 N–H and O–H groups in total. The number of hydrogen-bond acceptors (Lipinski definition) is 6. The summed E-state index contributed by atoms with van der Waals surface area (Å²) in [5, 5.41) is 20.0. The van der Waals surface area contributed by atoms with Gasteiger partial charge >= 0.3 is 11.9 Å². The zero-order valence-electron chi connectivity index (χ0n) is 35.5. The molecular formula is C45H85N3O4S2. The molecule has 1 heterocycles. The van der Waals surface area contributed by atoms with E-state index in [4.69, 9.17) is 0 Å². The Morgan fingerprint density at radius 1 is 0.611 bits per heavy atom. The van der Waals surface area contributed by atoms with Crippen LogP contribution < -0.4 is 0 Å². The van der Waals surface area contributed by atoms with E-state index in [1.54, 1.807) is 0 Å². The van der Waals surface area contributed by atoms with Crippen LogP contribution in [0.5, 0.6) is 0 Å². The van der Waals surface area contributed by atoms with Gasteiger partial charge < -0.3 is 14.8 Å². The van der Waals surface area contributed by atoms with Gasteiger partial charge in [0.25, 0.3) is 0 Å². The lowest BCUT2D eigenvalue weighted by Gasteiger charge is -2.44. The Balaban J connectivity index is 2.64. The second kappa shape index (κ2) is 36.2. The Labute approximate surface area is 341 Å². The summed E-state index contributed by atoms with van der Waals surface area (Å²) in [6, 6.07) is 0. The number of aromatic nitrogens is 2. The molecule has 0 aliphatic carbocycles. The van der Waals surface area contributed by atoms with Crippen molar-refractivity contribution in [3.63, 3.8) is 0 Å². The summed E-state index contributed by atoms with van der Waals surface area (Å²) in [6.45, 7) is 8.42. The monoisotopic (exact) mass is 796 g/mol. The van der Waals surface area contributed by atoms with Gasteiger partial charge in [0.05, 0.1) is 12.8 Å². The molecular weight excluding hydrogens is 711 g/mol. The van der Waals surface area contributed by atoms with E-state index in [9.17, 15) is 19.8 Å². The molecule has 0 spiro atoms. The molecule has 0 amide bonds. The maximum absolute atomic E-state index is 12.5. The predicted molar refractivity (Wildman–Crippen MR) is 236 cm³/mol. The molecule has 0 aliphatic rings. The molecule has 1 aromatic rings. The predicted octanol–water partition coefficient (Wildman–Crippen LogP) is 13.2. The summed E-state index contributed by atoms with van der Waals surface area (Å²) in [4.78, 5) is 30.9. The zero-order chi connectivity index (χ0) is 39.4. The Morgan fingerprint density at radius 3 is 1.41 bits per heavy atom. The van der Waals surface area contributed by atoms with Crippen LogP contribution in [0.3, 0.4) is 0 Å². The van der Waals surface area contributed by atoms with Crippen molar-refractivity contribution in [3.05, 3.63) is 18.2 Å². The molecule has 0 atom stereocenters. The van der Waals surface area contributed by atoms with Crippen LogP contribution >= 0.6 is 23.5 Å². The lowest BCUT2D eigenvalue weighted by atomic mass is 9.86. The highest BCUT2D eigenvalue weighted by Crippen LogP contribution is 2.33. The minimum absolute atomic E-state index is 0.0312. The summed E-state index contributed by atoms with van der Waals surface area (Å²) >= 11 is 3.93. The van der Waals surface area contributed by atoms with Gasteiger partial charge in [-0.2, -0.15) is 23.5 Å². The largest absolute Gasteiger partial charge is 0.481 e. The summed E-state index contributed by atoms with van der Waals surface area (Å²) < 4.78 is 2.13. The molecule has 7 nitrogen and oxygen atoms in total. The number of carboxylic acids is 2. The van der Waals surface area contributed by atoms with Gasteiger partial charge in [-0.25, -0.2) is 4.98 Å². The van der Waals surface area contributed by atoms with Gasteiger partial charge in [0, 0.05) is 37.6 Å². The minimum atomic E-state index is -0.822. The van der Waals surface area contributed by atoms with Gasteiger partial charge in [0.1, 0.15) is 5.82 Å². The average molecular weight is 796 g/mol. The van der Waals surface area contributed by atoms with Crippen molar-refractivity contribution in [3.8, 4) is 0 Å². The Kier molecular flexibility index (Phi) is 34.0. The first kappa shape index (κ1) is 50.8. The van der Waals surface area contributed by atoms with Crippen LogP contribution in [-0.4, -0.2) is 78.2 Å². The molecule has 54 heavy (non-hydrogen) atoms. The Morgan fingerprint density at radius 2 is 1.04 bits per heavy atom. The number of unbranched alkanes of at least 4 members (excludes halogenated alkanes) is 22. The van der Waals surface area contributed by atoms with E-state index >= 15 is 0 Å². The highest BCUT2D eigenvalue weighted by molar-refractivity contribution is 7.99. The van der Waals surface area contributed by atoms with Gasteiger partial charge in [-0.1, -0.05) is 155 Å². The van der Waals surface area contributed by atoms with Crippen molar-refractivity contribution in [1.29, 1.82) is 0 Å². The third-order valence-electron chi connectivity index (χ3n) is 11.2. The van der Waals surface area contributed by atoms with E-state index in [-0.39, 0.29) is 12.8 Å². The molecule has 0 aromatic carbocycles. The maximum Gasteiger partial charge on any atom is 0.305 e. The normalized spacial score (nSPS) is 11.9. The first-order chi connectivity index (χ1) is 26.3. The van der Waals surface area contributed by atoms with Crippen molar-refractivity contribution >= 4 is 35.5 Å². The lowest BCUT2D eigenvalue weighted by molar-refractivity contribution is -0.141. The Bertz CT molecular complexity index is 973. The smallest absolute Gasteiger partial charge is 0.305 e. The second-order valence-corrected chi connectivity index (χ2v) is 18.4. The van der Waals surface area contributed by atoms with Crippen molar-refractivity contribution < 1.29 is 19.8 Å². The van der Waals surface area contributed by atoms with Crippen molar-refractivity contribution in [2.45, 2.75) is 219 Å². The van der Waals surface area contributed by atoms with Crippen LogP contribution in [-0.2, 0) is 16.1 Å². The number of rotatable bonds is 42. The molecule has 316 valence electrons. The maximum atomic E-state index is 12.5. The van der Waals surface area contributed by atoms with Crippen molar-refractivity contribution in [1.82, 2.24) is 14.5 Å². The quantitative estimate of drug-likeness (QED) is 0.0632. The first-order valence-corrected chi connectivity index (χ1v) is 25.0. The number of thioether (sulfide) groups is 2. The van der Waals surface area contributed by atoms with E-state index < -0.39 is 17.5 Å². The van der Waals surface area contributed by atoms with E-state index in [0.29, 0.717) is 13.1 Å². The fraction of sp³-hybridized carbons (Fsp3) is 0.889. The number of aryl methyl sites for hydroxylation is 2. The number of carboxylic acid groups (broad SMARTS) is 2. The number of imidazole rings is 1. The number of hydrogen-bond donors (Lipinski definition) is 2. The van der Waals surface area contributed by atoms with Gasteiger partial charge in [0.2, 0.25) is 0 Å².